The largest absolute Gasteiger partial charge is 0.325 e. The van der Waals surface area contributed by atoms with E-state index >= 15 is 0 Å². The Balaban J connectivity index is 2.86. The minimum Gasteiger partial charge on any atom is -0.307 e. The SMILES string of the molecule is CC(=O)NC(=O)Nc1ccc(C)c([N+](=O)[O-])c1. The molecule has 17 heavy (non-hydrogen) atoms. The molecule has 1 aromatic rings. The van der Waals surface area contributed by atoms with Gasteiger partial charge in [0.2, 0.25) is 5.91 Å². The number of nitro groups is 1. The highest BCUT2D eigenvalue weighted by Crippen LogP contribution is 2.22. The Labute approximate surface area is 97.0 Å². The smallest absolute Gasteiger partial charge is 0.307 e. The van der Waals surface area contributed by atoms with Crippen LogP contribution in [-0.2, 0) is 4.79 Å². The Bertz CT molecular complexity index is 484. The Hall–Kier alpha value is -2.44. The summed E-state index contributed by atoms with van der Waals surface area (Å²) < 4.78 is 0. The van der Waals surface area contributed by atoms with Crippen LogP contribution in [-0.4, -0.2) is 16.9 Å². The van der Waals surface area contributed by atoms with Crippen molar-refractivity contribution in [2.45, 2.75) is 13.8 Å². The summed E-state index contributed by atoms with van der Waals surface area (Å²) in [6, 6.07) is 3.54. The van der Waals surface area contributed by atoms with E-state index in [9.17, 15) is 19.7 Å². The summed E-state index contributed by atoms with van der Waals surface area (Å²) >= 11 is 0. The number of anilines is 1. The fourth-order valence-electron chi connectivity index (χ4n) is 1.21. The van der Waals surface area contributed by atoms with Gasteiger partial charge in [0.05, 0.1) is 4.92 Å². The van der Waals surface area contributed by atoms with Crippen molar-refractivity contribution in [2.75, 3.05) is 5.32 Å². The fraction of sp³-hybridized carbons (Fsp3) is 0.200. The molecule has 0 aliphatic rings. The first-order valence-corrected chi connectivity index (χ1v) is 4.74. The summed E-state index contributed by atoms with van der Waals surface area (Å²) in [5.74, 6) is -0.510. The Morgan fingerprint density at radius 3 is 2.53 bits per heavy atom. The number of carbonyl (C=O) groups is 2. The van der Waals surface area contributed by atoms with E-state index in [4.69, 9.17) is 0 Å². The highest BCUT2D eigenvalue weighted by Gasteiger charge is 2.12. The second-order valence-corrected chi connectivity index (χ2v) is 3.39. The van der Waals surface area contributed by atoms with E-state index in [2.05, 4.69) is 5.32 Å². The van der Waals surface area contributed by atoms with Crippen LogP contribution in [0.25, 0.3) is 0 Å². The lowest BCUT2D eigenvalue weighted by Gasteiger charge is -2.05. The molecule has 0 unspecified atom stereocenters. The maximum atomic E-state index is 11.2. The Morgan fingerprint density at radius 1 is 1.35 bits per heavy atom. The molecule has 0 aliphatic carbocycles. The molecule has 1 rings (SSSR count). The number of imide groups is 1. The van der Waals surface area contributed by atoms with Gasteiger partial charge in [0, 0.05) is 24.2 Å². The number of rotatable bonds is 2. The van der Waals surface area contributed by atoms with Crippen LogP contribution in [0.4, 0.5) is 16.2 Å². The summed E-state index contributed by atoms with van der Waals surface area (Å²) in [4.78, 5) is 31.9. The monoisotopic (exact) mass is 237 g/mol. The van der Waals surface area contributed by atoms with Crippen LogP contribution >= 0.6 is 0 Å². The van der Waals surface area contributed by atoms with Crippen molar-refractivity contribution in [1.29, 1.82) is 0 Å². The summed E-state index contributed by atoms with van der Waals surface area (Å²) in [6.07, 6.45) is 0. The quantitative estimate of drug-likeness (QED) is 0.602. The Morgan fingerprint density at radius 2 is 2.00 bits per heavy atom. The highest BCUT2D eigenvalue weighted by molar-refractivity contribution is 6.00. The van der Waals surface area contributed by atoms with Crippen molar-refractivity contribution < 1.29 is 14.5 Å². The second kappa shape index (κ2) is 5.06. The predicted molar refractivity (Wildman–Crippen MR) is 60.7 cm³/mol. The molecule has 90 valence electrons. The van der Waals surface area contributed by atoms with Gasteiger partial charge in [-0.1, -0.05) is 6.07 Å². The second-order valence-electron chi connectivity index (χ2n) is 3.39. The van der Waals surface area contributed by atoms with Gasteiger partial charge >= 0.3 is 6.03 Å². The topological polar surface area (TPSA) is 101 Å². The molecular formula is C10H11N3O4. The van der Waals surface area contributed by atoms with Crippen LogP contribution in [0.2, 0.25) is 0 Å². The molecule has 0 aromatic heterocycles. The van der Waals surface area contributed by atoms with Crippen LogP contribution in [0, 0.1) is 17.0 Å². The molecule has 0 saturated carbocycles. The lowest BCUT2D eigenvalue weighted by Crippen LogP contribution is -2.32. The van der Waals surface area contributed by atoms with Gasteiger partial charge in [-0.05, 0) is 13.0 Å². The lowest BCUT2D eigenvalue weighted by atomic mass is 10.2. The molecule has 7 nitrogen and oxygen atoms in total. The van der Waals surface area contributed by atoms with Crippen molar-refractivity contribution >= 4 is 23.3 Å². The molecule has 0 aliphatic heterocycles. The van der Waals surface area contributed by atoms with Gasteiger partial charge in [0.1, 0.15) is 0 Å². The van der Waals surface area contributed by atoms with Gasteiger partial charge in [-0.25, -0.2) is 4.79 Å². The molecule has 0 radical (unpaired) electrons. The lowest BCUT2D eigenvalue weighted by molar-refractivity contribution is -0.385. The number of nitro benzene ring substituents is 1. The average Bonchev–Trinajstić information content (AvgIpc) is 2.19. The van der Waals surface area contributed by atoms with E-state index in [1.807, 2.05) is 5.32 Å². The van der Waals surface area contributed by atoms with E-state index in [1.54, 1.807) is 6.92 Å². The van der Waals surface area contributed by atoms with Crippen molar-refractivity contribution in [2.24, 2.45) is 0 Å². The molecule has 0 saturated heterocycles. The number of hydrogen-bond donors (Lipinski definition) is 2. The third-order valence-corrected chi connectivity index (χ3v) is 1.95. The number of nitrogens with one attached hydrogen (secondary N) is 2. The van der Waals surface area contributed by atoms with Crippen molar-refractivity contribution in [1.82, 2.24) is 5.32 Å². The maximum Gasteiger partial charge on any atom is 0.325 e. The third-order valence-electron chi connectivity index (χ3n) is 1.95. The number of benzene rings is 1. The fourth-order valence-corrected chi connectivity index (χ4v) is 1.21. The van der Waals surface area contributed by atoms with Crippen LogP contribution in [0.5, 0.6) is 0 Å². The number of urea groups is 1. The zero-order valence-electron chi connectivity index (χ0n) is 9.31. The zero-order chi connectivity index (χ0) is 13.0. The molecule has 0 fully saturated rings. The minimum atomic E-state index is -0.726. The molecule has 1 aromatic carbocycles. The molecule has 0 atom stereocenters. The van der Waals surface area contributed by atoms with E-state index in [0.717, 1.165) is 0 Å². The summed E-state index contributed by atoms with van der Waals surface area (Å²) in [7, 11) is 0. The van der Waals surface area contributed by atoms with E-state index < -0.39 is 16.9 Å². The summed E-state index contributed by atoms with van der Waals surface area (Å²) in [5.41, 5.74) is 0.652. The molecule has 0 spiro atoms. The van der Waals surface area contributed by atoms with Crippen molar-refractivity contribution in [3.8, 4) is 0 Å². The summed E-state index contributed by atoms with van der Waals surface area (Å²) in [6.45, 7) is 2.79. The first-order chi connectivity index (χ1) is 7.90. The van der Waals surface area contributed by atoms with E-state index in [-0.39, 0.29) is 11.4 Å². The summed E-state index contributed by atoms with van der Waals surface area (Å²) in [5, 5.41) is 15.0. The Kier molecular flexibility index (Phi) is 3.76. The molecule has 2 N–H and O–H groups in total. The number of aryl methyl sites for hydroxylation is 1. The van der Waals surface area contributed by atoms with E-state index in [1.165, 1.54) is 25.1 Å². The van der Waals surface area contributed by atoms with Crippen LogP contribution in [0.3, 0.4) is 0 Å². The van der Waals surface area contributed by atoms with Gasteiger partial charge < -0.3 is 5.32 Å². The van der Waals surface area contributed by atoms with Gasteiger partial charge in [0.25, 0.3) is 5.69 Å². The van der Waals surface area contributed by atoms with Crippen LogP contribution in [0.1, 0.15) is 12.5 Å². The minimum absolute atomic E-state index is 0.0920. The van der Waals surface area contributed by atoms with Crippen molar-refractivity contribution in [3.63, 3.8) is 0 Å². The van der Waals surface area contributed by atoms with Crippen molar-refractivity contribution in [3.05, 3.63) is 33.9 Å². The van der Waals surface area contributed by atoms with E-state index in [0.29, 0.717) is 5.56 Å². The number of amides is 3. The van der Waals surface area contributed by atoms with Gasteiger partial charge in [-0.2, -0.15) is 0 Å². The van der Waals surface area contributed by atoms with Crippen LogP contribution in [0.15, 0.2) is 18.2 Å². The van der Waals surface area contributed by atoms with Gasteiger partial charge in [-0.15, -0.1) is 0 Å². The predicted octanol–water partition coefficient (Wildman–Crippen LogP) is 1.57. The molecule has 7 heteroatoms. The normalized spacial score (nSPS) is 9.53. The van der Waals surface area contributed by atoms with Gasteiger partial charge in [0.15, 0.2) is 0 Å². The first kappa shape index (κ1) is 12.6. The third kappa shape index (κ3) is 3.56. The number of carbonyl (C=O) groups excluding carboxylic acids is 2. The number of nitrogens with zero attached hydrogens (tertiary/aromatic N) is 1. The van der Waals surface area contributed by atoms with Crippen LogP contribution < -0.4 is 10.6 Å². The molecule has 0 heterocycles. The molecule has 0 bridgehead atoms. The molecular weight excluding hydrogens is 226 g/mol. The maximum absolute atomic E-state index is 11.2. The zero-order valence-corrected chi connectivity index (χ0v) is 9.31. The molecule has 3 amide bonds. The first-order valence-electron chi connectivity index (χ1n) is 4.74. The average molecular weight is 237 g/mol. The number of hydrogen-bond acceptors (Lipinski definition) is 4. The van der Waals surface area contributed by atoms with Gasteiger partial charge in [-0.3, -0.25) is 20.2 Å². The highest BCUT2D eigenvalue weighted by atomic mass is 16.6. The standard InChI is InChI=1S/C10H11N3O4/c1-6-3-4-8(5-9(6)13(16)17)12-10(15)11-7(2)14/h3-5H,1-2H3,(H2,11,12,14,15).